The van der Waals surface area contributed by atoms with Crippen LogP contribution in [0.5, 0.6) is 0 Å². The molecule has 19 heavy (non-hydrogen) atoms. The second-order valence-corrected chi connectivity index (χ2v) is 4.28. The molecule has 0 bridgehead atoms. The summed E-state index contributed by atoms with van der Waals surface area (Å²) in [5.41, 5.74) is -0.0473. The zero-order chi connectivity index (χ0) is 14.6. The van der Waals surface area contributed by atoms with Gasteiger partial charge in [0.1, 0.15) is 6.54 Å². The lowest BCUT2D eigenvalue weighted by Crippen LogP contribution is -2.36. The van der Waals surface area contributed by atoms with Crippen LogP contribution in [-0.4, -0.2) is 29.8 Å². The minimum absolute atomic E-state index is 0.0697. The fraction of sp³-hybridized carbons (Fsp3) is 0.200. The minimum atomic E-state index is -4.51. The third-order valence-corrected chi connectivity index (χ3v) is 2.60. The maximum Gasteiger partial charge on any atom is 0.405 e. The van der Waals surface area contributed by atoms with Crippen LogP contribution in [0.25, 0.3) is 0 Å². The van der Waals surface area contributed by atoms with Crippen LogP contribution in [0.1, 0.15) is 10.4 Å². The number of urea groups is 1. The molecule has 0 saturated heterocycles. The topological polar surface area (TPSA) is 78.4 Å². The summed E-state index contributed by atoms with van der Waals surface area (Å²) in [6.07, 6.45) is -4.51. The predicted octanol–water partition coefficient (Wildman–Crippen LogP) is 2.83. The van der Waals surface area contributed by atoms with Gasteiger partial charge >= 0.3 is 18.2 Å². The molecular formula is C10H8BrF3N2O3. The molecule has 0 spiro atoms. The highest BCUT2D eigenvalue weighted by molar-refractivity contribution is 9.10. The Morgan fingerprint density at radius 1 is 1.32 bits per heavy atom. The summed E-state index contributed by atoms with van der Waals surface area (Å²) in [6, 6.07) is 2.77. The highest BCUT2D eigenvalue weighted by atomic mass is 79.9. The first kappa shape index (κ1) is 15.3. The van der Waals surface area contributed by atoms with Crippen molar-refractivity contribution in [3.8, 4) is 0 Å². The Hall–Kier alpha value is -1.77. The molecule has 1 rings (SSSR count). The number of hydrogen-bond donors (Lipinski definition) is 3. The Morgan fingerprint density at radius 3 is 2.47 bits per heavy atom. The van der Waals surface area contributed by atoms with Gasteiger partial charge in [-0.2, -0.15) is 13.2 Å². The molecule has 0 aliphatic carbocycles. The average molecular weight is 341 g/mol. The summed E-state index contributed by atoms with van der Waals surface area (Å²) in [7, 11) is 0. The Kier molecular flexibility index (Phi) is 4.76. The van der Waals surface area contributed by atoms with E-state index in [4.69, 9.17) is 5.11 Å². The summed E-state index contributed by atoms with van der Waals surface area (Å²) in [4.78, 5) is 22.0. The highest BCUT2D eigenvalue weighted by Crippen LogP contribution is 2.21. The zero-order valence-electron chi connectivity index (χ0n) is 9.21. The normalized spacial score (nSPS) is 10.9. The summed E-state index contributed by atoms with van der Waals surface area (Å²) in [6.45, 7) is -1.47. The van der Waals surface area contributed by atoms with Crippen molar-refractivity contribution in [2.24, 2.45) is 0 Å². The molecule has 0 aliphatic heterocycles. The highest BCUT2D eigenvalue weighted by Gasteiger charge is 2.27. The smallest absolute Gasteiger partial charge is 0.405 e. The quantitative estimate of drug-likeness (QED) is 0.791. The van der Waals surface area contributed by atoms with E-state index in [0.29, 0.717) is 4.47 Å². The summed E-state index contributed by atoms with van der Waals surface area (Å²) < 4.78 is 35.8. The van der Waals surface area contributed by atoms with Gasteiger partial charge in [0.05, 0.1) is 5.56 Å². The molecule has 1 aromatic rings. The van der Waals surface area contributed by atoms with Crippen molar-refractivity contribution in [2.45, 2.75) is 6.18 Å². The lowest BCUT2D eigenvalue weighted by molar-refractivity contribution is -0.122. The van der Waals surface area contributed by atoms with Crippen LogP contribution >= 0.6 is 15.9 Å². The van der Waals surface area contributed by atoms with Gasteiger partial charge in [-0.3, -0.25) is 0 Å². The van der Waals surface area contributed by atoms with Crippen molar-refractivity contribution in [1.82, 2.24) is 5.32 Å². The number of carboxylic acids is 1. The van der Waals surface area contributed by atoms with Gasteiger partial charge in [0.15, 0.2) is 0 Å². The molecule has 9 heteroatoms. The van der Waals surface area contributed by atoms with E-state index < -0.39 is 24.7 Å². The molecule has 0 radical (unpaired) electrons. The number of halogens is 4. The molecule has 2 amide bonds. The molecule has 0 unspecified atom stereocenters. The van der Waals surface area contributed by atoms with Gasteiger partial charge in [-0.25, -0.2) is 9.59 Å². The number of aromatic carboxylic acids is 1. The van der Waals surface area contributed by atoms with E-state index in [1.54, 1.807) is 5.32 Å². The van der Waals surface area contributed by atoms with Gasteiger partial charge in [-0.15, -0.1) is 0 Å². The first-order chi connectivity index (χ1) is 8.69. The predicted molar refractivity (Wildman–Crippen MR) is 64.2 cm³/mol. The average Bonchev–Trinajstić information content (AvgIpc) is 2.28. The number of hydrogen-bond acceptors (Lipinski definition) is 2. The van der Waals surface area contributed by atoms with E-state index >= 15 is 0 Å². The summed E-state index contributed by atoms with van der Waals surface area (Å²) in [5, 5.41) is 12.5. The Balaban J connectivity index is 2.70. The van der Waals surface area contributed by atoms with E-state index in [0.717, 1.165) is 6.07 Å². The first-order valence-electron chi connectivity index (χ1n) is 4.83. The van der Waals surface area contributed by atoms with Gasteiger partial charge in [-0.1, -0.05) is 0 Å². The van der Waals surface area contributed by atoms with E-state index in [9.17, 15) is 22.8 Å². The van der Waals surface area contributed by atoms with Crippen LogP contribution in [0.3, 0.4) is 0 Å². The monoisotopic (exact) mass is 340 g/mol. The fourth-order valence-electron chi connectivity index (χ4n) is 1.12. The standard InChI is InChI=1S/C10H8BrF3N2O3/c11-7-2-1-5(3-6(7)8(17)18)16-9(19)15-4-10(12,13)14/h1-3H,4H2,(H,17,18)(H2,15,16,19). The maximum absolute atomic E-state index is 11.9. The van der Waals surface area contributed by atoms with Crippen LogP contribution in [0.4, 0.5) is 23.7 Å². The van der Waals surface area contributed by atoms with E-state index in [-0.39, 0.29) is 11.3 Å². The SMILES string of the molecule is O=C(NCC(F)(F)F)Nc1ccc(Br)c(C(=O)O)c1. The number of amides is 2. The first-order valence-corrected chi connectivity index (χ1v) is 5.63. The Labute approximate surface area is 113 Å². The molecule has 0 fully saturated rings. The molecule has 0 aromatic heterocycles. The van der Waals surface area contributed by atoms with Gasteiger partial charge < -0.3 is 15.7 Å². The second-order valence-electron chi connectivity index (χ2n) is 3.42. The number of carbonyl (C=O) groups is 2. The van der Waals surface area contributed by atoms with E-state index in [2.05, 4.69) is 21.2 Å². The van der Waals surface area contributed by atoms with Crippen molar-refractivity contribution in [3.63, 3.8) is 0 Å². The number of benzene rings is 1. The number of carbonyl (C=O) groups excluding carboxylic acids is 1. The van der Waals surface area contributed by atoms with Crippen molar-refractivity contribution in [3.05, 3.63) is 28.2 Å². The number of rotatable bonds is 3. The van der Waals surface area contributed by atoms with E-state index in [1.165, 1.54) is 12.1 Å². The second kappa shape index (κ2) is 5.91. The Morgan fingerprint density at radius 2 is 1.95 bits per heavy atom. The molecule has 104 valence electrons. The van der Waals surface area contributed by atoms with Gasteiger partial charge in [0, 0.05) is 10.2 Å². The van der Waals surface area contributed by atoms with Crippen molar-refractivity contribution in [1.29, 1.82) is 0 Å². The van der Waals surface area contributed by atoms with Crippen molar-refractivity contribution in [2.75, 3.05) is 11.9 Å². The number of carboxylic acid groups (broad SMARTS) is 1. The third kappa shape index (κ3) is 5.16. The van der Waals surface area contributed by atoms with Gasteiger partial charge in [0.25, 0.3) is 0 Å². The molecule has 3 N–H and O–H groups in total. The number of nitrogens with one attached hydrogen (secondary N) is 2. The Bertz CT molecular complexity index is 505. The lowest BCUT2D eigenvalue weighted by atomic mass is 10.2. The number of anilines is 1. The van der Waals surface area contributed by atoms with Gasteiger partial charge in [0.2, 0.25) is 0 Å². The number of alkyl halides is 3. The summed E-state index contributed by atoms with van der Waals surface area (Å²) in [5.74, 6) is -1.23. The van der Waals surface area contributed by atoms with Crippen LogP contribution in [0.15, 0.2) is 22.7 Å². The van der Waals surface area contributed by atoms with Crippen molar-refractivity contribution < 1.29 is 27.9 Å². The largest absolute Gasteiger partial charge is 0.478 e. The van der Waals surface area contributed by atoms with E-state index in [1.807, 2.05) is 0 Å². The zero-order valence-corrected chi connectivity index (χ0v) is 10.8. The third-order valence-electron chi connectivity index (χ3n) is 1.90. The molecule has 0 heterocycles. The van der Waals surface area contributed by atoms with Crippen molar-refractivity contribution >= 4 is 33.6 Å². The minimum Gasteiger partial charge on any atom is -0.478 e. The maximum atomic E-state index is 11.9. The molecule has 5 nitrogen and oxygen atoms in total. The molecule has 0 saturated carbocycles. The molecule has 0 atom stereocenters. The molecule has 1 aromatic carbocycles. The van der Waals surface area contributed by atoms with Crippen LogP contribution in [0.2, 0.25) is 0 Å². The van der Waals surface area contributed by atoms with Crippen LogP contribution in [0, 0.1) is 0 Å². The van der Waals surface area contributed by atoms with Crippen LogP contribution < -0.4 is 10.6 Å². The van der Waals surface area contributed by atoms with Gasteiger partial charge in [-0.05, 0) is 34.1 Å². The fourth-order valence-corrected chi connectivity index (χ4v) is 1.54. The molecule has 0 aliphatic rings. The van der Waals surface area contributed by atoms with Crippen LogP contribution in [-0.2, 0) is 0 Å². The summed E-state index contributed by atoms with van der Waals surface area (Å²) >= 11 is 3.00. The lowest BCUT2D eigenvalue weighted by Gasteiger charge is -2.10. The molecular weight excluding hydrogens is 333 g/mol.